The highest BCUT2D eigenvalue weighted by atomic mass is 32.2. The monoisotopic (exact) mass is 412 g/mol. The number of rotatable bonds is 10. The van der Waals surface area contributed by atoms with E-state index in [4.69, 9.17) is 5.21 Å². The molecule has 0 aromatic heterocycles. The van der Waals surface area contributed by atoms with E-state index in [0.29, 0.717) is 24.9 Å². The Morgan fingerprint density at radius 1 is 1.25 bits per heavy atom. The van der Waals surface area contributed by atoms with Crippen LogP contribution in [0.4, 0.5) is 5.69 Å². The van der Waals surface area contributed by atoms with Crippen molar-refractivity contribution in [2.24, 2.45) is 0 Å². The molecule has 2 rings (SSSR count). The molecule has 1 fully saturated rings. The zero-order chi connectivity index (χ0) is 20.6. The highest BCUT2D eigenvalue weighted by Gasteiger charge is 2.42. The number of hydrogen-bond donors (Lipinski definition) is 3. The average molecular weight is 413 g/mol. The van der Waals surface area contributed by atoms with Gasteiger partial charge in [-0.25, -0.2) is 5.48 Å². The van der Waals surface area contributed by atoms with Crippen LogP contribution >= 0.6 is 0 Å². The fraction of sp³-hybridized carbons (Fsp3) is 0.556. The summed E-state index contributed by atoms with van der Waals surface area (Å²) in [6.07, 6.45) is 3.26. The number of nitrogens with zero attached hydrogens (tertiary/aromatic N) is 2. The predicted octanol–water partition coefficient (Wildman–Crippen LogP) is 1.33. The van der Waals surface area contributed by atoms with Crippen LogP contribution in [0.15, 0.2) is 30.3 Å². The van der Waals surface area contributed by atoms with Gasteiger partial charge in [0, 0.05) is 18.8 Å². The normalized spacial score (nSPS) is 17.6. The SMILES string of the molecule is CCCCCN(CC(=O)NO)S(=O)(=O)N1CCCC1C(=O)Nc1ccccc1. The van der Waals surface area contributed by atoms with Crippen molar-refractivity contribution < 1.29 is 23.2 Å². The third-order valence-electron chi connectivity index (χ3n) is 4.63. The summed E-state index contributed by atoms with van der Waals surface area (Å²) in [5.74, 6) is -1.21. The Kier molecular flexibility index (Phi) is 8.36. The Labute approximate surface area is 165 Å². The van der Waals surface area contributed by atoms with E-state index >= 15 is 0 Å². The molecule has 1 atom stereocenters. The van der Waals surface area contributed by atoms with Crippen molar-refractivity contribution in [3.63, 3.8) is 0 Å². The first-order valence-electron chi connectivity index (χ1n) is 9.46. The zero-order valence-corrected chi connectivity index (χ0v) is 16.8. The molecule has 1 aliphatic rings. The van der Waals surface area contributed by atoms with Gasteiger partial charge in [0.1, 0.15) is 6.04 Å². The molecular formula is C18H28N4O5S. The number of carbonyl (C=O) groups is 2. The van der Waals surface area contributed by atoms with Crippen molar-refractivity contribution in [3.8, 4) is 0 Å². The molecule has 0 spiro atoms. The Bertz CT molecular complexity index is 756. The van der Waals surface area contributed by atoms with Crippen molar-refractivity contribution in [3.05, 3.63) is 30.3 Å². The van der Waals surface area contributed by atoms with Crippen LogP contribution < -0.4 is 10.8 Å². The molecule has 1 aliphatic heterocycles. The molecule has 1 heterocycles. The fourth-order valence-corrected chi connectivity index (χ4v) is 5.00. The van der Waals surface area contributed by atoms with E-state index in [1.54, 1.807) is 24.3 Å². The topological polar surface area (TPSA) is 119 Å². The number of hydrogen-bond acceptors (Lipinski definition) is 5. The van der Waals surface area contributed by atoms with Gasteiger partial charge in [-0.3, -0.25) is 14.8 Å². The summed E-state index contributed by atoms with van der Waals surface area (Å²) < 4.78 is 28.5. The molecule has 0 bridgehead atoms. The predicted molar refractivity (Wildman–Crippen MR) is 105 cm³/mol. The minimum atomic E-state index is -4.04. The average Bonchev–Trinajstić information content (AvgIpc) is 3.19. The number of amides is 2. The summed E-state index contributed by atoms with van der Waals surface area (Å²) in [5, 5.41) is 11.5. The van der Waals surface area contributed by atoms with E-state index in [1.807, 2.05) is 13.0 Å². The maximum absolute atomic E-state index is 13.2. The second-order valence-electron chi connectivity index (χ2n) is 6.71. The molecule has 28 heavy (non-hydrogen) atoms. The third-order valence-corrected chi connectivity index (χ3v) is 6.62. The van der Waals surface area contributed by atoms with Crippen LogP contribution in [0.3, 0.4) is 0 Å². The summed E-state index contributed by atoms with van der Waals surface area (Å²) in [7, 11) is -4.04. The number of hydroxylamine groups is 1. The van der Waals surface area contributed by atoms with Crippen molar-refractivity contribution in [1.29, 1.82) is 0 Å². The van der Waals surface area contributed by atoms with E-state index in [9.17, 15) is 18.0 Å². The molecule has 3 N–H and O–H groups in total. The second kappa shape index (κ2) is 10.5. The van der Waals surface area contributed by atoms with Crippen LogP contribution in [0.25, 0.3) is 0 Å². The summed E-state index contributed by atoms with van der Waals surface area (Å²) in [6, 6.07) is 8.00. The van der Waals surface area contributed by atoms with Crippen molar-refractivity contribution >= 4 is 27.7 Å². The highest BCUT2D eigenvalue weighted by molar-refractivity contribution is 7.86. The van der Waals surface area contributed by atoms with Crippen molar-refractivity contribution in [1.82, 2.24) is 14.1 Å². The first-order chi connectivity index (χ1) is 13.4. The second-order valence-corrected chi connectivity index (χ2v) is 8.59. The van der Waals surface area contributed by atoms with Crippen LogP contribution in [0.5, 0.6) is 0 Å². The maximum Gasteiger partial charge on any atom is 0.283 e. The Balaban J connectivity index is 2.16. The van der Waals surface area contributed by atoms with Gasteiger partial charge in [0.05, 0.1) is 6.54 Å². The summed E-state index contributed by atoms with van der Waals surface area (Å²) in [4.78, 5) is 24.3. The van der Waals surface area contributed by atoms with E-state index in [0.717, 1.165) is 21.5 Å². The van der Waals surface area contributed by atoms with Gasteiger partial charge < -0.3 is 5.32 Å². The highest BCUT2D eigenvalue weighted by Crippen LogP contribution is 2.25. The van der Waals surface area contributed by atoms with Crippen LogP contribution in [0.2, 0.25) is 0 Å². The molecule has 1 aromatic carbocycles. The Hall–Kier alpha value is -2.01. The molecule has 0 aliphatic carbocycles. The number of benzene rings is 1. The van der Waals surface area contributed by atoms with E-state index in [-0.39, 0.29) is 13.1 Å². The minimum absolute atomic E-state index is 0.146. The standard InChI is InChI=1S/C18H28N4O5S/c1-2-3-7-12-21(14-17(23)20-25)28(26,27)22-13-8-11-16(22)18(24)19-15-9-5-4-6-10-15/h4-6,9-10,16,25H,2-3,7-8,11-14H2,1H3,(H,19,24)(H,20,23). The van der Waals surface area contributed by atoms with Crippen LogP contribution in [-0.4, -0.2) is 59.7 Å². The van der Waals surface area contributed by atoms with E-state index in [2.05, 4.69) is 5.32 Å². The number of unbranched alkanes of at least 4 members (excludes halogenated alkanes) is 2. The lowest BCUT2D eigenvalue weighted by molar-refractivity contribution is -0.129. The van der Waals surface area contributed by atoms with Crippen molar-refractivity contribution in [2.75, 3.05) is 25.0 Å². The third kappa shape index (κ3) is 5.74. The molecule has 2 amide bonds. The zero-order valence-electron chi connectivity index (χ0n) is 16.0. The molecule has 156 valence electrons. The summed E-state index contributed by atoms with van der Waals surface area (Å²) >= 11 is 0. The molecule has 9 nitrogen and oxygen atoms in total. The fourth-order valence-electron chi connectivity index (χ4n) is 3.18. The molecule has 0 saturated carbocycles. The van der Waals surface area contributed by atoms with Crippen molar-refractivity contribution in [2.45, 2.75) is 45.1 Å². The van der Waals surface area contributed by atoms with Gasteiger partial charge in [-0.15, -0.1) is 0 Å². The van der Waals surface area contributed by atoms with Gasteiger partial charge >= 0.3 is 0 Å². The molecular weight excluding hydrogens is 384 g/mol. The first-order valence-corrected chi connectivity index (χ1v) is 10.9. The van der Waals surface area contributed by atoms with Gasteiger partial charge in [-0.2, -0.15) is 17.0 Å². The Morgan fingerprint density at radius 2 is 1.96 bits per heavy atom. The number of carbonyl (C=O) groups excluding carboxylic acids is 2. The van der Waals surface area contributed by atoms with Crippen LogP contribution in [0, 0.1) is 0 Å². The van der Waals surface area contributed by atoms with Crippen LogP contribution in [-0.2, 0) is 19.8 Å². The lowest BCUT2D eigenvalue weighted by Gasteiger charge is -2.30. The van der Waals surface area contributed by atoms with Gasteiger partial charge in [0.25, 0.3) is 16.1 Å². The van der Waals surface area contributed by atoms with E-state index < -0.39 is 34.6 Å². The first kappa shape index (κ1) is 22.3. The molecule has 0 radical (unpaired) electrons. The summed E-state index contributed by atoms with van der Waals surface area (Å²) in [6.45, 7) is 1.85. The number of anilines is 1. The lowest BCUT2D eigenvalue weighted by atomic mass is 10.2. The smallest absolute Gasteiger partial charge is 0.283 e. The van der Waals surface area contributed by atoms with Gasteiger partial charge in [-0.1, -0.05) is 38.0 Å². The molecule has 10 heteroatoms. The Morgan fingerprint density at radius 3 is 2.61 bits per heavy atom. The molecule has 1 saturated heterocycles. The molecule has 1 aromatic rings. The summed E-state index contributed by atoms with van der Waals surface area (Å²) in [5.41, 5.74) is 2.07. The lowest BCUT2D eigenvalue weighted by Crippen LogP contribution is -2.52. The van der Waals surface area contributed by atoms with Gasteiger partial charge in [-0.05, 0) is 31.4 Å². The van der Waals surface area contributed by atoms with E-state index in [1.165, 1.54) is 5.48 Å². The maximum atomic E-state index is 13.2. The molecule has 1 unspecified atom stereocenters. The quantitative estimate of drug-likeness (QED) is 0.304. The largest absolute Gasteiger partial charge is 0.325 e. The minimum Gasteiger partial charge on any atom is -0.325 e. The van der Waals surface area contributed by atoms with Gasteiger partial charge in [0.2, 0.25) is 5.91 Å². The van der Waals surface area contributed by atoms with Gasteiger partial charge in [0.15, 0.2) is 0 Å². The van der Waals surface area contributed by atoms with Crippen LogP contribution in [0.1, 0.15) is 39.0 Å². The number of nitrogens with one attached hydrogen (secondary N) is 2. The number of para-hydroxylation sites is 1.